The minimum atomic E-state index is 0.978. The Kier molecular flexibility index (Phi) is 5.86. The van der Waals surface area contributed by atoms with Gasteiger partial charge in [-0.25, -0.2) is 4.98 Å². The molecule has 0 fully saturated rings. The molecule has 8 rings (SSSR count). The molecular formula is C41H27N. The van der Waals surface area contributed by atoms with E-state index in [0.717, 1.165) is 17.0 Å². The molecule has 1 aromatic heterocycles. The van der Waals surface area contributed by atoms with Crippen LogP contribution >= 0.6 is 0 Å². The zero-order valence-corrected chi connectivity index (χ0v) is 23.0. The normalized spacial score (nSPS) is 11.3. The number of aromatic nitrogens is 1. The van der Waals surface area contributed by atoms with E-state index in [9.17, 15) is 0 Å². The summed E-state index contributed by atoms with van der Waals surface area (Å²) in [5, 5.41) is 7.34. The van der Waals surface area contributed by atoms with E-state index in [1.54, 1.807) is 0 Å². The second-order valence-corrected chi connectivity index (χ2v) is 10.8. The van der Waals surface area contributed by atoms with E-state index in [2.05, 4.69) is 164 Å². The lowest BCUT2D eigenvalue weighted by Crippen LogP contribution is -1.94. The zero-order valence-electron chi connectivity index (χ0n) is 23.0. The molecule has 0 N–H and O–H groups in total. The summed E-state index contributed by atoms with van der Waals surface area (Å²) in [5.74, 6) is 0. The maximum atomic E-state index is 5.28. The standard InChI is InChI=1S/C41H27N/c1-2-12-28(13-3-1)31-16-10-17-33(27-31)40-34-18-6-8-20-36(34)41(37-21-9-7-19-35(37)40)39-23-11-22-38(42-39)32-25-24-29-14-4-5-15-30(29)26-32/h1-27H. The van der Waals surface area contributed by atoms with Crippen molar-refractivity contribution in [3.8, 4) is 44.8 Å². The van der Waals surface area contributed by atoms with Gasteiger partial charge in [0.1, 0.15) is 0 Å². The minimum Gasteiger partial charge on any atom is -0.248 e. The van der Waals surface area contributed by atoms with Crippen LogP contribution < -0.4 is 0 Å². The van der Waals surface area contributed by atoms with Crippen LogP contribution in [0.15, 0.2) is 164 Å². The second-order valence-electron chi connectivity index (χ2n) is 10.8. The lowest BCUT2D eigenvalue weighted by molar-refractivity contribution is 1.34. The molecule has 42 heavy (non-hydrogen) atoms. The van der Waals surface area contributed by atoms with Gasteiger partial charge in [-0.1, -0.05) is 140 Å². The Hall–Kier alpha value is -5.53. The maximum absolute atomic E-state index is 5.28. The van der Waals surface area contributed by atoms with Crippen LogP contribution in [0.25, 0.3) is 77.1 Å². The Bertz CT molecular complexity index is 2190. The van der Waals surface area contributed by atoms with Crippen LogP contribution in [-0.4, -0.2) is 4.98 Å². The predicted molar refractivity (Wildman–Crippen MR) is 178 cm³/mol. The number of nitrogens with zero attached hydrogens (tertiary/aromatic N) is 1. The third kappa shape index (κ3) is 4.15. The Balaban J connectivity index is 1.36. The molecule has 0 saturated carbocycles. The van der Waals surface area contributed by atoms with Crippen molar-refractivity contribution < 1.29 is 0 Å². The average Bonchev–Trinajstić information content (AvgIpc) is 3.07. The quantitative estimate of drug-likeness (QED) is 0.205. The van der Waals surface area contributed by atoms with Gasteiger partial charge in [-0.15, -0.1) is 0 Å². The minimum absolute atomic E-state index is 0.978. The van der Waals surface area contributed by atoms with Gasteiger partial charge in [-0.2, -0.15) is 0 Å². The second kappa shape index (κ2) is 10.1. The maximum Gasteiger partial charge on any atom is 0.0722 e. The summed E-state index contributed by atoms with van der Waals surface area (Å²) in [6.45, 7) is 0. The average molecular weight is 534 g/mol. The zero-order chi connectivity index (χ0) is 27.9. The fraction of sp³-hybridized carbons (Fsp3) is 0. The summed E-state index contributed by atoms with van der Waals surface area (Å²) in [7, 11) is 0. The predicted octanol–water partition coefficient (Wildman–Crippen LogP) is 11.2. The monoisotopic (exact) mass is 533 g/mol. The molecule has 1 nitrogen and oxygen atoms in total. The van der Waals surface area contributed by atoms with Crippen molar-refractivity contribution in [2.24, 2.45) is 0 Å². The van der Waals surface area contributed by atoms with E-state index in [4.69, 9.17) is 4.98 Å². The van der Waals surface area contributed by atoms with E-state index >= 15 is 0 Å². The van der Waals surface area contributed by atoms with Crippen molar-refractivity contribution >= 4 is 32.3 Å². The summed E-state index contributed by atoms with van der Waals surface area (Å²) in [6, 6.07) is 58.5. The molecule has 0 atom stereocenters. The third-order valence-corrected chi connectivity index (χ3v) is 8.24. The highest BCUT2D eigenvalue weighted by Crippen LogP contribution is 2.44. The lowest BCUT2D eigenvalue weighted by Gasteiger charge is -2.18. The van der Waals surface area contributed by atoms with Gasteiger partial charge in [-0.05, 0) is 78.8 Å². The number of hydrogen-bond acceptors (Lipinski definition) is 1. The molecule has 0 aliphatic rings. The van der Waals surface area contributed by atoms with Crippen LogP contribution in [0.2, 0.25) is 0 Å². The third-order valence-electron chi connectivity index (χ3n) is 8.24. The largest absolute Gasteiger partial charge is 0.248 e. The molecule has 8 aromatic rings. The SMILES string of the molecule is c1ccc(-c2cccc(-c3c4ccccc4c(-c4cccc(-c5ccc6ccccc6c5)n4)c4ccccc34)c2)cc1. The van der Waals surface area contributed by atoms with Gasteiger partial charge in [0.15, 0.2) is 0 Å². The molecule has 1 heterocycles. The molecule has 0 radical (unpaired) electrons. The first-order valence-corrected chi connectivity index (χ1v) is 14.4. The van der Waals surface area contributed by atoms with E-state index in [0.29, 0.717) is 0 Å². The first kappa shape index (κ1) is 24.3. The highest BCUT2D eigenvalue weighted by molar-refractivity contribution is 6.21. The van der Waals surface area contributed by atoms with E-state index in [1.807, 2.05) is 0 Å². The van der Waals surface area contributed by atoms with E-state index < -0.39 is 0 Å². The van der Waals surface area contributed by atoms with Crippen molar-refractivity contribution in [1.82, 2.24) is 4.98 Å². The molecule has 0 bridgehead atoms. The smallest absolute Gasteiger partial charge is 0.0722 e. The molecule has 0 saturated heterocycles. The molecule has 0 aliphatic heterocycles. The number of benzene rings is 7. The molecule has 7 aromatic carbocycles. The van der Waals surface area contributed by atoms with Crippen LogP contribution in [0, 0.1) is 0 Å². The number of hydrogen-bond donors (Lipinski definition) is 0. The molecule has 0 unspecified atom stereocenters. The Morgan fingerprint density at radius 3 is 1.57 bits per heavy atom. The van der Waals surface area contributed by atoms with Crippen molar-refractivity contribution in [3.63, 3.8) is 0 Å². The first-order valence-electron chi connectivity index (χ1n) is 14.4. The van der Waals surface area contributed by atoms with E-state index in [-0.39, 0.29) is 0 Å². The topological polar surface area (TPSA) is 12.9 Å². The number of pyridine rings is 1. The van der Waals surface area contributed by atoms with Gasteiger partial charge < -0.3 is 0 Å². The number of rotatable bonds is 4. The molecular weight excluding hydrogens is 506 g/mol. The van der Waals surface area contributed by atoms with Gasteiger partial charge in [-0.3, -0.25) is 0 Å². The fourth-order valence-corrected chi connectivity index (χ4v) is 6.28. The van der Waals surface area contributed by atoms with E-state index in [1.165, 1.54) is 60.1 Å². The van der Waals surface area contributed by atoms with Crippen LogP contribution in [0.3, 0.4) is 0 Å². The first-order chi connectivity index (χ1) is 20.8. The Morgan fingerprint density at radius 2 is 0.833 bits per heavy atom. The Morgan fingerprint density at radius 1 is 0.286 bits per heavy atom. The number of fused-ring (bicyclic) bond motifs is 3. The fourth-order valence-electron chi connectivity index (χ4n) is 6.28. The molecule has 196 valence electrons. The summed E-state index contributed by atoms with van der Waals surface area (Å²) in [5.41, 5.74) is 9.17. The van der Waals surface area contributed by atoms with Gasteiger partial charge >= 0.3 is 0 Å². The highest BCUT2D eigenvalue weighted by Gasteiger charge is 2.18. The van der Waals surface area contributed by atoms with Gasteiger partial charge in [0.2, 0.25) is 0 Å². The van der Waals surface area contributed by atoms with Crippen molar-refractivity contribution in [1.29, 1.82) is 0 Å². The van der Waals surface area contributed by atoms with Gasteiger partial charge in [0, 0.05) is 11.1 Å². The Labute approximate surface area is 245 Å². The van der Waals surface area contributed by atoms with Crippen molar-refractivity contribution in [2.45, 2.75) is 0 Å². The molecule has 0 aliphatic carbocycles. The van der Waals surface area contributed by atoms with Crippen LogP contribution in [0.4, 0.5) is 0 Å². The van der Waals surface area contributed by atoms with Gasteiger partial charge in [0.05, 0.1) is 11.4 Å². The highest BCUT2D eigenvalue weighted by atomic mass is 14.7. The van der Waals surface area contributed by atoms with Crippen molar-refractivity contribution in [2.75, 3.05) is 0 Å². The lowest BCUT2D eigenvalue weighted by atomic mass is 9.86. The summed E-state index contributed by atoms with van der Waals surface area (Å²) in [4.78, 5) is 5.28. The summed E-state index contributed by atoms with van der Waals surface area (Å²) in [6.07, 6.45) is 0. The van der Waals surface area contributed by atoms with Crippen LogP contribution in [-0.2, 0) is 0 Å². The molecule has 1 heteroatoms. The molecule has 0 amide bonds. The summed E-state index contributed by atoms with van der Waals surface area (Å²) >= 11 is 0. The van der Waals surface area contributed by atoms with Gasteiger partial charge in [0.25, 0.3) is 0 Å². The van der Waals surface area contributed by atoms with Crippen LogP contribution in [0.5, 0.6) is 0 Å². The van der Waals surface area contributed by atoms with Crippen molar-refractivity contribution in [3.05, 3.63) is 164 Å². The van der Waals surface area contributed by atoms with Crippen LogP contribution in [0.1, 0.15) is 0 Å². The molecule has 0 spiro atoms. The summed E-state index contributed by atoms with van der Waals surface area (Å²) < 4.78 is 0.